The molecule has 3 aliphatic carbocycles. The van der Waals surface area contributed by atoms with E-state index in [1.807, 2.05) is 0 Å². The maximum Gasteiger partial charge on any atom is 0.347 e. The Morgan fingerprint density at radius 3 is 1.59 bits per heavy atom. The highest BCUT2D eigenvalue weighted by molar-refractivity contribution is 5.80. The van der Waals surface area contributed by atoms with Crippen LogP contribution in [0.2, 0.25) is 0 Å². The lowest BCUT2D eigenvalue weighted by atomic mass is 9.69. The molecule has 0 aromatic heterocycles. The molecule has 3 saturated carbocycles. The van der Waals surface area contributed by atoms with Gasteiger partial charge in [0.15, 0.2) is 6.10 Å². The molecule has 154 valence electrons. The van der Waals surface area contributed by atoms with Crippen LogP contribution in [0.1, 0.15) is 103 Å². The minimum absolute atomic E-state index is 0.0138. The van der Waals surface area contributed by atoms with Gasteiger partial charge in [-0.1, -0.05) is 44.9 Å². The van der Waals surface area contributed by atoms with E-state index in [0.29, 0.717) is 11.8 Å². The fourth-order valence-electron chi connectivity index (χ4n) is 5.50. The van der Waals surface area contributed by atoms with E-state index in [9.17, 15) is 9.59 Å². The number of carbonyl (C=O) groups is 2. The van der Waals surface area contributed by atoms with Crippen molar-refractivity contribution in [2.75, 3.05) is 0 Å². The maximum atomic E-state index is 13.1. The Labute approximate surface area is 164 Å². The summed E-state index contributed by atoms with van der Waals surface area (Å²) < 4.78 is 11.3. The first-order valence-corrected chi connectivity index (χ1v) is 11.6. The van der Waals surface area contributed by atoms with Crippen molar-refractivity contribution >= 4 is 11.9 Å². The molecule has 27 heavy (non-hydrogen) atoms. The fraction of sp³-hybridized carbons (Fsp3) is 0.913. The van der Waals surface area contributed by atoms with Crippen molar-refractivity contribution in [1.29, 1.82) is 0 Å². The van der Waals surface area contributed by atoms with Gasteiger partial charge in [-0.25, -0.2) is 4.79 Å². The third kappa shape index (κ3) is 5.96. The molecule has 3 rings (SSSR count). The van der Waals surface area contributed by atoms with Crippen molar-refractivity contribution in [1.82, 2.24) is 0 Å². The van der Waals surface area contributed by atoms with Crippen LogP contribution in [0.3, 0.4) is 0 Å². The molecule has 0 bridgehead atoms. The van der Waals surface area contributed by atoms with Crippen LogP contribution < -0.4 is 0 Å². The zero-order chi connectivity index (χ0) is 19.1. The average Bonchev–Trinajstić information content (AvgIpc) is 2.70. The SMILES string of the molecule is CC(OC(=O)C(C1CCCCC1)C1CCCCC1)C(=O)OC1CCCCC1. The van der Waals surface area contributed by atoms with E-state index in [1.54, 1.807) is 6.92 Å². The minimum atomic E-state index is -0.783. The van der Waals surface area contributed by atoms with Gasteiger partial charge in [0.2, 0.25) is 0 Å². The number of hydrogen-bond donors (Lipinski definition) is 0. The molecule has 0 amide bonds. The molecule has 0 radical (unpaired) electrons. The Hall–Kier alpha value is -1.06. The van der Waals surface area contributed by atoms with Crippen LogP contribution in [0.15, 0.2) is 0 Å². The van der Waals surface area contributed by atoms with Crippen LogP contribution in [0.4, 0.5) is 0 Å². The Morgan fingerprint density at radius 2 is 1.11 bits per heavy atom. The number of carbonyl (C=O) groups excluding carboxylic acids is 2. The summed E-state index contributed by atoms with van der Waals surface area (Å²) in [6.45, 7) is 1.68. The lowest BCUT2D eigenvalue weighted by molar-refractivity contribution is -0.176. The van der Waals surface area contributed by atoms with Crippen LogP contribution >= 0.6 is 0 Å². The van der Waals surface area contributed by atoms with E-state index in [0.717, 1.165) is 51.4 Å². The van der Waals surface area contributed by atoms with Crippen molar-refractivity contribution in [3.05, 3.63) is 0 Å². The van der Waals surface area contributed by atoms with Gasteiger partial charge in [-0.3, -0.25) is 4.79 Å². The number of esters is 2. The first kappa shape index (κ1) is 20.7. The molecular formula is C23H38O4. The molecule has 3 aliphatic rings. The highest BCUT2D eigenvalue weighted by Gasteiger charge is 2.39. The van der Waals surface area contributed by atoms with Gasteiger partial charge in [-0.15, -0.1) is 0 Å². The molecule has 4 nitrogen and oxygen atoms in total. The van der Waals surface area contributed by atoms with E-state index in [1.165, 1.54) is 44.9 Å². The maximum absolute atomic E-state index is 13.1. The molecule has 1 atom stereocenters. The second-order valence-electron chi connectivity index (χ2n) is 9.10. The molecule has 0 aromatic rings. The molecule has 0 aromatic carbocycles. The Morgan fingerprint density at radius 1 is 0.667 bits per heavy atom. The van der Waals surface area contributed by atoms with E-state index in [-0.39, 0.29) is 24.0 Å². The highest BCUT2D eigenvalue weighted by atomic mass is 16.6. The van der Waals surface area contributed by atoms with Gasteiger partial charge >= 0.3 is 11.9 Å². The van der Waals surface area contributed by atoms with Crippen molar-refractivity contribution in [3.63, 3.8) is 0 Å². The average molecular weight is 379 g/mol. The van der Waals surface area contributed by atoms with E-state index in [4.69, 9.17) is 9.47 Å². The second-order valence-corrected chi connectivity index (χ2v) is 9.10. The van der Waals surface area contributed by atoms with Gasteiger partial charge in [-0.05, 0) is 70.1 Å². The van der Waals surface area contributed by atoms with Gasteiger partial charge in [0, 0.05) is 0 Å². The quantitative estimate of drug-likeness (QED) is 0.567. The summed E-state index contributed by atoms with van der Waals surface area (Å²) in [4.78, 5) is 25.5. The number of rotatable bonds is 6. The zero-order valence-electron chi connectivity index (χ0n) is 17.1. The molecule has 3 fully saturated rings. The smallest absolute Gasteiger partial charge is 0.347 e. The summed E-state index contributed by atoms with van der Waals surface area (Å²) in [5.74, 6) is 0.366. The van der Waals surface area contributed by atoms with Crippen LogP contribution in [-0.4, -0.2) is 24.1 Å². The number of hydrogen-bond acceptors (Lipinski definition) is 4. The molecule has 0 spiro atoms. The summed E-state index contributed by atoms with van der Waals surface area (Å²) >= 11 is 0. The highest BCUT2D eigenvalue weighted by Crippen LogP contribution is 2.40. The first-order chi connectivity index (χ1) is 13.1. The first-order valence-electron chi connectivity index (χ1n) is 11.6. The van der Waals surface area contributed by atoms with Gasteiger partial charge in [0.25, 0.3) is 0 Å². The monoisotopic (exact) mass is 378 g/mol. The Kier molecular flexibility index (Phi) is 8.02. The molecule has 4 heteroatoms. The van der Waals surface area contributed by atoms with E-state index < -0.39 is 6.10 Å². The van der Waals surface area contributed by atoms with Crippen LogP contribution in [-0.2, 0) is 19.1 Å². The second kappa shape index (κ2) is 10.5. The molecule has 0 N–H and O–H groups in total. The summed E-state index contributed by atoms with van der Waals surface area (Å²) in [6, 6.07) is 0. The largest absolute Gasteiger partial charge is 0.460 e. The Bertz CT molecular complexity index is 453. The summed E-state index contributed by atoms with van der Waals surface area (Å²) in [5.41, 5.74) is 0. The van der Waals surface area contributed by atoms with Gasteiger partial charge in [0.05, 0.1) is 5.92 Å². The van der Waals surface area contributed by atoms with Crippen LogP contribution in [0.25, 0.3) is 0 Å². The van der Waals surface area contributed by atoms with E-state index in [2.05, 4.69) is 0 Å². The summed E-state index contributed by atoms with van der Waals surface area (Å²) in [7, 11) is 0. The third-order valence-electron chi connectivity index (χ3n) is 7.05. The predicted molar refractivity (Wildman–Crippen MR) is 105 cm³/mol. The normalized spacial score (nSPS) is 24.5. The lowest BCUT2D eigenvalue weighted by Crippen LogP contribution is -2.38. The molecular weight excluding hydrogens is 340 g/mol. The minimum Gasteiger partial charge on any atom is -0.460 e. The molecule has 0 heterocycles. The van der Waals surface area contributed by atoms with Crippen molar-refractivity contribution in [3.8, 4) is 0 Å². The van der Waals surface area contributed by atoms with Crippen molar-refractivity contribution in [2.24, 2.45) is 17.8 Å². The molecule has 1 unspecified atom stereocenters. The Balaban J connectivity index is 1.57. The predicted octanol–water partition coefficient (Wildman–Crippen LogP) is 5.57. The lowest BCUT2D eigenvalue weighted by Gasteiger charge is -2.36. The van der Waals surface area contributed by atoms with Crippen molar-refractivity contribution < 1.29 is 19.1 Å². The van der Waals surface area contributed by atoms with Crippen LogP contribution in [0, 0.1) is 17.8 Å². The third-order valence-corrected chi connectivity index (χ3v) is 7.05. The van der Waals surface area contributed by atoms with Gasteiger partial charge in [0.1, 0.15) is 6.10 Å². The van der Waals surface area contributed by atoms with Crippen LogP contribution in [0.5, 0.6) is 0 Å². The number of ether oxygens (including phenoxy) is 2. The summed E-state index contributed by atoms with van der Waals surface area (Å²) in [5, 5.41) is 0. The summed E-state index contributed by atoms with van der Waals surface area (Å²) in [6.07, 6.45) is 16.6. The fourth-order valence-corrected chi connectivity index (χ4v) is 5.50. The van der Waals surface area contributed by atoms with Gasteiger partial charge in [-0.2, -0.15) is 0 Å². The standard InChI is InChI=1S/C23H38O4/c1-17(22(24)27-20-15-9-4-10-16-20)26-23(25)21(18-11-5-2-6-12-18)19-13-7-3-8-14-19/h17-21H,2-16H2,1H3. The van der Waals surface area contributed by atoms with E-state index >= 15 is 0 Å². The zero-order valence-corrected chi connectivity index (χ0v) is 17.1. The molecule has 0 saturated heterocycles. The topological polar surface area (TPSA) is 52.6 Å². The van der Waals surface area contributed by atoms with Crippen molar-refractivity contribution in [2.45, 2.75) is 115 Å². The molecule has 0 aliphatic heterocycles. The van der Waals surface area contributed by atoms with Gasteiger partial charge < -0.3 is 9.47 Å².